The van der Waals surface area contributed by atoms with Crippen LogP contribution in [0.1, 0.15) is 45.7 Å². The number of rotatable bonds is 7. The highest BCUT2D eigenvalue weighted by Gasteiger charge is 2.13. The zero-order chi connectivity index (χ0) is 16.1. The van der Waals surface area contributed by atoms with Crippen LogP contribution in [-0.2, 0) is 22.3 Å². The monoisotopic (exact) mass is 312 g/mol. The zero-order valence-corrected chi connectivity index (χ0v) is 14.5. The highest BCUT2D eigenvalue weighted by molar-refractivity contribution is 7.88. The Hall–Kier alpha value is -0.910. The van der Waals surface area contributed by atoms with E-state index in [1.165, 1.54) is 0 Å². The Morgan fingerprint density at radius 3 is 2.05 bits per heavy atom. The Morgan fingerprint density at radius 1 is 1.05 bits per heavy atom. The molecule has 0 aliphatic carbocycles. The van der Waals surface area contributed by atoms with Gasteiger partial charge in [0.15, 0.2) is 0 Å². The standard InChI is InChI=1S/C16H28N2O2S/c1-13(2)18-21(19,20)11-15-8-6-14(7-9-15)10-17-12-16(3,4)5/h6-9,13,17-18H,10-12H2,1-5H3. The fraction of sp³-hybridized carbons (Fsp3) is 0.625. The van der Waals surface area contributed by atoms with E-state index < -0.39 is 10.0 Å². The summed E-state index contributed by atoms with van der Waals surface area (Å²) in [5.41, 5.74) is 2.23. The van der Waals surface area contributed by atoms with Crippen molar-refractivity contribution in [1.82, 2.24) is 10.0 Å². The van der Waals surface area contributed by atoms with Crippen LogP contribution in [-0.4, -0.2) is 21.0 Å². The largest absolute Gasteiger partial charge is 0.312 e. The lowest BCUT2D eigenvalue weighted by Gasteiger charge is -2.18. The number of benzene rings is 1. The van der Waals surface area contributed by atoms with Gasteiger partial charge in [0.05, 0.1) is 5.75 Å². The van der Waals surface area contributed by atoms with Gasteiger partial charge in [0.1, 0.15) is 0 Å². The van der Waals surface area contributed by atoms with Crippen LogP contribution in [0.25, 0.3) is 0 Å². The van der Waals surface area contributed by atoms with Crippen molar-refractivity contribution in [3.8, 4) is 0 Å². The maximum atomic E-state index is 11.9. The maximum absolute atomic E-state index is 11.9. The third-order valence-corrected chi connectivity index (χ3v) is 4.32. The quantitative estimate of drug-likeness (QED) is 0.814. The lowest BCUT2D eigenvalue weighted by Crippen LogP contribution is -2.31. The number of nitrogens with one attached hydrogen (secondary N) is 2. The maximum Gasteiger partial charge on any atom is 0.216 e. The molecule has 0 saturated heterocycles. The summed E-state index contributed by atoms with van der Waals surface area (Å²) >= 11 is 0. The molecule has 21 heavy (non-hydrogen) atoms. The van der Waals surface area contributed by atoms with Gasteiger partial charge in [0, 0.05) is 19.1 Å². The smallest absolute Gasteiger partial charge is 0.216 e. The van der Waals surface area contributed by atoms with Crippen LogP contribution in [0.5, 0.6) is 0 Å². The number of sulfonamides is 1. The molecule has 0 amide bonds. The molecule has 0 spiro atoms. The molecule has 0 aliphatic heterocycles. The van der Waals surface area contributed by atoms with Gasteiger partial charge in [0.2, 0.25) is 10.0 Å². The second-order valence-electron chi connectivity index (χ2n) is 7.01. The van der Waals surface area contributed by atoms with Crippen LogP contribution in [0.2, 0.25) is 0 Å². The molecule has 0 saturated carbocycles. The van der Waals surface area contributed by atoms with Gasteiger partial charge in [-0.15, -0.1) is 0 Å². The molecule has 0 radical (unpaired) electrons. The minimum Gasteiger partial charge on any atom is -0.312 e. The fourth-order valence-corrected chi connectivity index (χ4v) is 3.39. The average Bonchev–Trinajstić information content (AvgIpc) is 2.27. The van der Waals surface area contributed by atoms with E-state index in [2.05, 4.69) is 30.8 Å². The number of hydrogen-bond donors (Lipinski definition) is 2. The van der Waals surface area contributed by atoms with Gasteiger partial charge in [-0.25, -0.2) is 13.1 Å². The molecule has 1 rings (SSSR count). The summed E-state index contributed by atoms with van der Waals surface area (Å²) in [6.07, 6.45) is 0. The van der Waals surface area contributed by atoms with Crippen molar-refractivity contribution in [2.75, 3.05) is 6.54 Å². The van der Waals surface area contributed by atoms with E-state index in [0.717, 1.165) is 24.2 Å². The van der Waals surface area contributed by atoms with Gasteiger partial charge in [-0.3, -0.25) is 0 Å². The van der Waals surface area contributed by atoms with Crippen LogP contribution >= 0.6 is 0 Å². The van der Waals surface area contributed by atoms with E-state index in [4.69, 9.17) is 0 Å². The summed E-state index contributed by atoms with van der Waals surface area (Å²) < 4.78 is 26.3. The van der Waals surface area contributed by atoms with Crippen LogP contribution < -0.4 is 10.0 Å². The Labute approximate surface area is 129 Å². The van der Waals surface area contributed by atoms with Crippen LogP contribution in [0, 0.1) is 5.41 Å². The molecule has 5 heteroatoms. The SMILES string of the molecule is CC(C)NS(=O)(=O)Cc1ccc(CNCC(C)(C)C)cc1. The summed E-state index contributed by atoms with van der Waals surface area (Å²) in [7, 11) is -3.25. The molecule has 0 heterocycles. The van der Waals surface area contributed by atoms with E-state index in [-0.39, 0.29) is 17.2 Å². The Bertz CT molecular complexity index is 528. The van der Waals surface area contributed by atoms with Crippen molar-refractivity contribution in [3.05, 3.63) is 35.4 Å². The number of hydrogen-bond acceptors (Lipinski definition) is 3. The lowest BCUT2D eigenvalue weighted by atomic mass is 9.97. The van der Waals surface area contributed by atoms with E-state index in [9.17, 15) is 8.42 Å². The van der Waals surface area contributed by atoms with Gasteiger partial charge in [-0.1, -0.05) is 45.0 Å². The fourth-order valence-electron chi connectivity index (χ4n) is 1.96. The Balaban J connectivity index is 2.54. The van der Waals surface area contributed by atoms with Crippen molar-refractivity contribution >= 4 is 10.0 Å². The second-order valence-corrected chi connectivity index (χ2v) is 8.77. The molecular formula is C16H28N2O2S. The molecule has 1 aromatic carbocycles. The molecule has 0 aromatic heterocycles. The van der Waals surface area contributed by atoms with Crippen molar-refractivity contribution in [2.24, 2.45) is 5.41 Å². The van der Waals surface area contributed by atoms with Crippen LogP contribution in [0.4, 0.5) is 0 Å². The van der Waals surface area contributed by atoms with E-state index >= 15 is 0 Å². The first-order valence-electron chi connectivity index (χ1n) is 7.36. The molecule has 2 N–H and O–H groups in total. The summed E-state index contributed by atoms with van der Waals surface area (Å²) in [6, 6.07) is 7.66. The minimum atomic E-state index is -3.25. The summed E-state index contributed by atoms with van der Waals surface area (Å²) in [4.78, 5) is 0. The topological polar surface area (TPSA) is 58.2 Å². The molecule has 0 aliphatic rings. The first-order chi connectivity index (χ1) is 9.57. The first-order valence-corrected chi connectivity index (χ1v) is 9.01. The molecule has 4 nitrogen and oxygen atoms in total. The van der Waals surface area contributed by atoms with E-state index in [1.54, 1.807) is 0 Å². The van der Waals surface area contributed by atoms with Crippen LogP contribution in [0.15, 0.2) is 24.3 Å². The van der Waals surface area contributed by atoms with Crippen molar-refractivity contribution in [1.29, 1.82) is 0 Å². The second kappa shape index (κ2) is 7.38. The predicted octanol–water partition coefficient (Wildman–Crippen LogP) is 2.65. The summed E-state index contributed by atoms with van der Waals surface area (Å²) in [5, 5.41) is 3.40. The van der Waals surface area contributed by atoms with Crippen molar-refractivity contribution in [3.63, 3.8) is 0 Å². The van der Waals surface area contributed by atoms with Gasteiger partial charge in [0.25, 0.3) is 0 Å². The Morgan fingerprint density at radius 2 is 1.57 bits per heavy atom. The van der Waals surface area contributed by atoms with Crippen LogP contribution in [0.3, 0.4) is 0 Å². The molecule has 1 aromatic rings. The lowest BCUT2D eigenvalue weighted by molar-refractivity contribution is 0.379. The average molecular weight is 312 g/mol. The normalized spacial score (nSPS) is 12.9. The summed E-state index contributed by atoms with van der Waals surface area (Å²) in [6.45, 7) is 12.0. The van der Waals surface area contributed by atoms with Gasteiger partial charge >= 0.3 is 0 Å². The molecule has 0 fully saturated rings. The molecule has 0 unspecified atom stereocenters. The third-order valence-electron chi connectivity index (χ3n) is 2.78. The minimum absolute atomic E-state index is 0.0287. The first kappa shape index (κ1) is 18.1. The molecule has 0 atom stereocenters. The highest BCUT2D eigenvalue weighted by Crippen LogP contribution is 2.12. The zero-order valence-electron chi connectivity index (χ0n) is 13.7. The van der Waals surface area contributed by atoms with Gasteiger partial charge < -0.3 is 5.32 Å². The van der Waals surface area contributed by atoms with Gasteiger partial charge in [-0.2, -0.15) is 0 Å². The highest BCUT2D eigenvalue weighted by atomic mass is 32.2. The Kier molecular flexibility index (Phi) is 6.38. The van der Waals surface area contributed by atoms with E-state index in [1.807, 2.05) is 38.1 Å². The summed E-state index contributed by atoms with van der Waals surface area (Å²) in [5.74, 6) is 0.0287. The van der Waals surface area contributed by atoms with Gasteiger partial charge in [-0.05, 0) is 30.4 Å². The molecule has 0 bridgehead atoms. The molecule has 120 valence electrons. The van der Waals surface area contributed by atoms with Crippen molar-refractivity contribution in [2.45, 2.75) is 53.0 Å². The van der Waals surface area contributed by atoms with Crippen molar-refractivity contribution < 1.29 is 8.42 Å². The van der Waals surface area contributed by atoms with E-state index in [0.29, 0.717) is 0 Å². The third kappa shape index (κ3) is 8.19. The predicted molar refractivity (Wildman–Crippen MR) is 88.5 cm³/mol. The molecular weight excluding hydrogens is 284 g/mol.